The summed E-state index contributed by atoms with van der Waals surface area (Å²) in [6.45, 7) is 7.29. The average molecular weight is 255 g/mol. The number of ether oxygens (including phenoxy) is 2. The largest absolute Gasteiger partial charge is 0.444 e. The van der Waals surface area contributed by atoms with Crippen molar-refractivity contribution < 1.29 is 14.3 Å². The monoisotopic (exact) mass is 255 g/mol. The van der Waals surface area contributed by atoms with Gasteiger partial charge in [0.2, 0.25) is 0 Å². The van der Waals surface area contributed by atoms with Crippen LogP contribution in [-0.2, 0) is 9.47 Å². The van der Waals surface area contributed by atoms with Crippen LogP contribution in [0.2, 0.25) is 0 Å². The van der Waals surface area contributed by atoms with E-state index in [0.717, 1.165) is 26.0 Å². The maximum absolute atomic E-state index is 12.2. The standard InChI is InChI=1S/C14H25NO3/c1-13(2,3)18-12(16)15-9-14(10-17-4)7-5-11(15)6-8-14/h11H,5-10H2,1-4H3. The zero-order valence-electron chi connectivity index (χ0n) is 12.0. The molecule has 0 atom stereocenters. The van der Waals surface area contributed by atoms with E-state index in [2.05, 4.69) is 0 Å². The summed E-state index contributed by atoms with van der Waals surface area (Å²) < 4.78 is 10.8. The van der Waals surface area contributed by atoms with Crippen molar-refractivity contribution in [3.63, 3.8) is 0 Å². The van der Waals surface area contributed by atoms with Crippen molar-refractivity contribution in [1.82, 2.24) is 4.90 Å². The van der Waals surface area contributed by atoms with E-state index in [1.807, 2.05) is 25.7 Å². The Hall–Kier alpha value is -0.770. The molecule has 3 rings (SSSR count). The van der Waals surface area contributed by atoms with Crippen LogP contribution in [-0.4, -0.2) is 42.9 Å². The Kier molecular flexibility index (Phi) is 3.58. The van der Waals surface area contributed by atoms with Crippen LogP contribution in [0.5, 0.6) is 0 Å². The van der Waals surface area contributed by atoms with E-state index in [4.69, 9.17) is 9.47 Å². The van der Waals surface area contributed by atoms with Crippen molar-refractivity contribution in [2.45, 2.75) is 58.1 Å². The van der Waals surface area contributed by atoms with Gasteiger partial charge in [0.1, 0.15) is 5.60 Å². The summed E-state index contributed by atoms with van der Waals surface area (Å²) in [5.74, 6) is 0. The molecule has 2 heterocycles. The van der Waals surface area contributed by atoms with Gasteiger partial charge in [-0.15, -0.1) is 0 Å². The molecular formula is C14H25NO3. The number of rotatable bonds is 2. The van der Waals surface area contributed by atoms with Gasteiger partial charge in [-0.25, -0.2) is 4.79 Å². The lowest BCUT2D eigenvalue weighted by molar-refractivity contribution is -0.0680. The Labute approximate surface area is 110 Å². The summed E-state index contributed by atoms with van der Waals surface area (Å²) in [6.07, 6.45) is 4.35. The fraction of sp³-hybridized carbons (Fsp3) is 0.929. The Morgan fingerprint density at radius 1 is 1.33 bits per heavy atom. The molecule has 1 saturated carbocycles. The number of fused-ring (bicyclic) bond motifs is 3. The molecule has 0 spiro atoms. The third kappa shape index (κ3) is 2.79. The second-order valence-corrected chi connectivity index (χ2v) is 6.77. The smallest absolute Gasteiger partial charge is 0.410 e. The summed E-state index contributed by atoms with van der Waals surface area (Å²) in [4.78, 5) is 14.1. The molecule has 18 heavy (non-hydrogen) atoms. The van der Waals surface area contributed by atoms with Crippen molar-refractivity contribution >= 4 is 6.09 Å². The molecule has 0 radical (unpaired) electrons. The van der Waals surface area contributed by atoms with Crippen LogP contribution < -0.4 is 0 Å². The molecule has 4 nitrogen and oxygen atoms in total. The number of hydrogen-bond acceptors (Lipinski definition) is 3. The molecule has 3 aliphatic rings. The van der Waals surface area contributed by atoms with Gasteiger partial charge in [-0.05, 0) is 46.5 Å². The molecule has 0 aromatic rings. The molecule has 2 saturated heterocycles. The van der Waals surface area contributed by atoms with Gasteiger partial charge >= 0.3 is 6.09 Å². The molecule has 0 unspecified atom stereocenters. The first-order chi connectivity index (χ1) is 8.35. The number of methoxy groups -OCH3 is 1. The lowest BCUT2D eigenvalue weighted by Crippen LogP contribution is -2.58. The summed E-state index contributed by atoms with van der Waals surface area (Å²) in [5, 5.41) is 0. The first-order valence-electron chi connectivity index (χ1n) is 6.84. The Morgan fingerprint density at radius 2 is 1.94 bits per heavy atom. The van der Waals surface area contributed by atoms with Gasteiger partial charge in [-0.2, -0.15) is 0 Å². The fourth-order valence-corrected chi connectivity index (χ4v) is 3.21. The lowest BCUT2D eigenvalue weighted by Gasteiger charge is -2.52. The number of piperidine rings is 2. The number of carbonyl (C=O) groups is 1. The van der Waals surface area contributed by atoms with Crippen LogP contribution in [0.15, 0.2) is 0 Å². The van der Waals surface area contributed by atoms with Crippen molar-refractivity contribution in [1.29, 1.82) is 0 Å². The first-order valence-corrected chi connectivity index (χ1v) is 6.84. The lowest BCUT2D eigenvalue weighted by atomic mass is 9.68. The van der Waals surface area contributed by atoms with E-state index in [1.165, 1.54) is 12.8 Å². The van der Waals surface area contributed by atoms with Gasteiger partial charge in [-0.1, -0.05) is 0 Å². The molecule has 104 valence electrons. The summed E-state index contributed by atoms with van der Waals surface area (Å²) in [7, 11) is 1.74. The molecule has 2 aliphatic heterocycles. The van der Waals surface area contributed by atoms with Crippen molar-refractivity contribution in [3.05, 3.63) is 0 Å². The normalized spacial score (nSPS) is 31.6. The molecule has 1 aliphatic carbocycles. The number of nitrogens with zero attached hydrogens (tertiary/aromatic N) is 1. The molecule has 0 aromatic carbocycles. The minimum atomic E-state index is -0.414. The zero-order valence-corrected chi connectivity index (χ0v) is 12.0. The van der Waals surface area contributed by atoms with E-state index >= 15 is 0 Å². The van der Waals surface area contributed by atoms with Crippen molar-refractivity contribution in [2.75, 3.05) is 20.3 Å². The van der Waals surface area contributed by atoms with Crippen molar-refractivity contribution in [2.24, 2.45) is 5.41 Å². The Morgan fingerprint density at radius 3 is 2.44 bits per heavy atom. The first kappa shape index (κ1) is 13.7. The third-order valence-electron chi connectivity index (χ3n) is 4.04. The average Bonchev–Trinajstić information content (AvgIpc) is 2.28. The Bertz CT molecular complexity index is 308. The van der Waals surface area contributed by atoms with Gasteiger partial charge < -0.3 is 14.4 Å². The molecule has 4 heteroatoms. The van der Waals surface area contributed by atoms with Gasteiger partial charge in [0.15, 0.2) is 0 Å². The predicted molar refractivity (Wildman–Crippen MR) is 69.5 cm³/mol. The van der Waals surface area contributed by atoms with E-state index in [1.54, 1.807) is 7.11 Å². The van der Waals surface area contributed by atoms with E-state index in [-0.39, 0.29) is 11.5 Å². The number of carbonyl (C=O) groups excluding carboxylic acids is 1. The summed E-state index contributed by atoms with van der Waals surface area (Å²) in [6, 6.07) is 0.374. The van der Waals surface area contributed by atoms with Crippen molar-refractivity contribution in [3.8, 4) is 0 Å². The molecule has 1 amide bonds. The highest BCUT2D eigenvalue weighted by atomic mass is 16.6. The second kappa shape index (κ2) is 4.72. The van der Waals surface area contributed by atoms with Crippen LogP contribution in [0.4, 0.5) is 4.79 Å². The number of amides is 1. The highest BCUT2D eigenvalue weighted by Gasteiger charge is 2.47. The SMILES string of the molecule is COCC12CCC(CC1)N(C(=O)OC(C)(C)C)C2. The Balaban J connectivity index is 2.04. The quantitative estimate of drug-likeness (QED) is 0.761. The van der Waals surface area contributed by atoms with Gasteiger partial charge in [0.25, 0.3) is 0 Å². The number of hydrogen-bond donors (Lipinski definition) is 0. The predicted octanol–water partition coefficient (Wildman–Crippen LogP) is 2.81. The highest BCUT2D eigenvalue weighted by Crippen LogP contribution is 2.45. The van der Waals surface area contributed by atoms with Gasteiger partial charge in [0, 0.05) is 25.1 Å². The van der Waals surface area contributed by atoms with E-state index in [0.29, 0.717) is 6.04 Å². The molecule has 2 bridgehead atoms. The fourth-order valence-electron chi connectivity index (χ4n) is 3.21. The van der Waals surface area contributed by atoms with Crippen LogP contribution in [0.25, 0.3) is 0 Å². The maximum Gasteiger partial charge on any atom is 0.410 e. The molecular weight excluding hydrogens is 230 g/mol. The molecule has 0 aromatic heterocycles. The molecule has 0 N–H and O–H groups in total. The maximum atomic E-state index is 12.2. The minimum Gasteiger partial charge on any atom is -0.444 e. The minimum absolute atomic E-state index is 0.160. The zero-order chi connectivity index (χ0) is 13.4. The summed E-state index contributed by atoms with van der Waals surface area (Å²) in [5.41, 5.74) is -0.247. The van der Waals surface area contributed by atoms with Crippen LogP contribution in [0, 0.1) is 5.41 Å². The van der Waals surface area contributed by atoms with Crippen LogP contribution in [0.3, 0.4) is 0 Å². The highest BCUT2D eigenvalue weighted by molar-refractivity contribution is 5.69. The second-order valence-electron chi connectivity index (χ2n) is 6.77. The third-order valence-corrected chi connectivity index (χ3v) is 4.04. The van der Waals surface area contributed by atoms with E-state index < -0.39 is 5.60 Å². The summed E-state index contributed by atoms with van der Waals surface area (Å²) >= 11 is 0. The molecule has 3 fully saturated rings. The van der Waals surface area contributed by atoms with E-state index in [9.17, 15) is 4.79 Å². The topological polar surface area (TPSA) is 38.8 Å². The van der Waals surface area contributed by atoms with Gasteiger partial charge in [-0.3, -0.25) is 0 Å². The van der Waals surface area contributed by atoms with Crippen LogP contribution >= 0.6 is 0 Å². The van der Waals surface area contributed by atoms with Crippen LogP contribution in [0.1, 0.15) is 46.5 Å². The van der Waals surface area contributed by atoms with Gasteiger partial charge in [0.05, 0.1) is 6.61 Å².